The Hall–Kier alpha value is -0.610. The summed E-state index contributed by atoms with van der Waals surface area (Å²) in [6.07, 6.45) is 3.55. The van der Waals surface area contributed by atoms with Crippen LogP contribution in [-0.4, -0.2) is 50.2 Å². The van der Waals surface area contributed by atoms with E-state index in [9.17, 15) is 4.79 Å². The molecule has 4 nitrogen and oxygen atoms in total. The van der Waals surface area contributed by atoms with Gasteiger partial charge in [-0.25, -0.2) is 0 Å². The van der Waals surface area contributed by atoms with Crippen molar-refractivity contribution in [1.29, 1.82) is 0 Å². The molecule has 1 atom stereocenters. The highest BCUT2D eigenvalue weighted by atomic mass is 16.5. The third kappa shape index (κ3) is 5.04. The average molecular weight is 242 g/mol. The van der Waals surface area contributed by atoms with E-state index >= 15 is 0 Å². The Morgan fingerprint density at radius 3 is 2.53 bits per heavy atom. The van der Waals surface area contributed by atoms with Crippen LogP contribution in [0.1, 0.15) is 33.1 Å². The fourth-order valence-corrected chi connectivity index (χ4v) is 2.01. The number of methoxy groups -OCH3 is 1. The third-order valence-corrected chi connectivity index (χ3v) is 3.46. The Morgan fingerprint density at radius 2 is 2.12 bits per heavy atom. The highest BCUT2D eigenvalue weighted by Crippen LogP contribution is 2.30. The van der Waals surface area contributed by atoms with Gasteiger partial charge in [0.25, 0.3) is 0 Å². The van der Waals surface area contributed by atoms with E-state index in [-0.39, 0.29) is 12.0 Å². The maximum absolute atomic E-state index is 11.5. The lowest BCUT2D eigenvalue weighted by atomic mass is 10.1. The lowest BCUT2D eigenvalue weighted by Gasteiger charge is -2.27. The first-order chi connectivity index (χ1) is 8.08. The smallest absolute Gasteiger partial charge is 0.322 e. The quantitative estimate of drug-likeness (QED) is 0.651. The van der Waals surface area contributed by atoms with Gasteiger partial charge < -0.3 is 15.0 Å². The van der Waals surface area contributed by atoms with Gasteiger partial charge in [-0.15, -0.1) is 0 Å². The van der Waals surface area contributed by atoms with Gasteiger partial charge in [0.05, 0.1) is 7.11 Å². The van der Waals surface area contributed by atoms with Crippen LogP contribution in [0.5, 0.6) is 0 Å². The zero-order valence-electron chi connectivity index (χ0n) is 11.5. The number of esters is 1. The van der Waals surface area contributed by atoms with Gasteiger partial charge in [0.2, 0.25) is 0 Å². The molecular formula is C13H26N2O2. The van der Waals surface area contributed by atoms with E-state index < -0.39 is 0 Å². The van der Waals surface area contributed by atoms with Crippen molar-refractivity contribution < 1.29 is 9.53 Å². The lowest BCUT2D eigenvalue weighted by Crippen LogP contribution is -2.41. The molecule has 0 radical (unpaired) electrons. The van der Waals surface area contributed by atoms with Crippen molar-refractivity contribution in [2.75, 3.05) is 27.2 Å². The summed E-state index contributed by atoms with van der Waals surface area (Å²) in [4.78, 5) is 13.9. The van der Waals surface area contributed by atoms with E-state index in [4.69, 9.17) is 4.74 Å². The van der Waals surface area contributed by atoms with E-state index in [2.05, 4.69) is 24.1 Å². The predicted molar refractivity (Wildman–Crippen MR) is 68.9 cm³/mol. The first-order valence-electron chi connectivity index (χ1n) is 6.57. The molecule has 0 amide bonds. The van der Waals surface area contributed by atoms with Crippen LogP contribution in [0, 0.1) is 5.92 Å². The number of likely N-dealkylation sites (N-methyl/N-ethyl adjacent to an activating group) is 1. The fraction of sp³-hybridized carbons (Fsp3) is 0.923. The van der Waals surface area contributed by atoms with Crippen molar-refractivity contribution in [3.8, 4) is 0 Å². The topological polar surface area (TPSA) is 41.6 Å². The summed E-state index contributed by atoms with van der Waals surface area (Å²) in [7, 11) is 3.25. The molecule has 100 valence electrons. The van der Waals surface area contributed by atoms with Crippen LogP contribution in [-0.2, 0) is 9.53 Å². The van der Waals surface area contributed by atoms with Crippen molar-refractivity contribution in [1.82, 2.24) is 10.2 Å². The zero-order valence-corrected chi connectivity index (χ0v) is 11.5. The standard InChI is InChI=1S/C13H26N2O2/c1-10(2)15(9-11-5-6-11)8-7-12(14-3)13(16)17-4/h10-12,14H,5-9H2,1-4H3. The molecule has 0 saturated heterocycles. The minimum absolute atomic E-state index is 0.164. The summed E-state index contributed by atoms with van der Waals surface area (Å²) in [6.45, 7) is 6.56. The van der Waals surface area contributed by atoms with Gasteiger partial charge in [-0.3, -0.25) is 4.79 Å². The molecule has 0 spiro atoms. The Labute approximate surface area is 105 Å². The Morgan fingerprint density at radius 1 is 1.47 bits per heavy atom. The summed E-state index contributed by atoms with van der Waals surface area (Å²) < 4.78 is 4.77. The monoisotopic (exact) mass is 242 g/mol. The molecule has 0 aliphatic heterocycles. The van der Waals surface area contributed by atoms with E-state index in [1.54, 1.807) is 0 Å². The summed E-state index contributed by atoms with van der Waals surface area (Å²) in [6, 6.07) is 0.367. The SMILES string of the molecule is CNC(CCN(CC1CC1)C(C)C)C(=O)OC. The molecule has 1 unspecified atom stereocenters. The third-order valence-electron chi connectivity index (χ3n) is 3.46. The molecule has 0 aromatic rings. The number of carbonyl (C=O) groups is 1. The highest BCUT2D eigenvalue weighted by Gasteiger charge is 2.26. The number of ether oxygens (including phenoxy) is 1. The highest BCUT2D eigenvalue weighted by molar-refractivity contribution is 5.75. The second-order valence-electron chi connectivity index (χ2n) is 5.19. The molecule has 1 rings (SSSR count). The maximum atomic E-state index is 11.5. The Kier molecular flexibility index (Phi) is 5.92. The van der Waals surface area contributed by atoms with Crippen LogP contribution < -0.4 is 5.32 Å². The summed E-state index contributed by atoms with van der Waals surface area (Å²) in [5.41, 5.74) is 0. The number of hydrogen-bond acceptors (Lipinski definition) is 4. The number of nitrogens with zero attached hydrogens (tertiary/aromatic N) is 1. The van der Waals surface area contributed by atoms with Crippen molar-refractivity contribution in [2.24, 2.45) is 5.92 Å². The fourth-order valence-electron chi connectivity index (χ4n) is 2.01. The van der Waals surface area contributed by atoms with Gasteiger partial charge in [-0.2, -0.15) is 0 Å². The summed E-state index contributed by atoms with van der Waals surface area (Å²) in [5, 5.41) is 3.01. The van der Waals surface area contributed by atoms with Crippen LogP contribution in [0.2, 0.25) is 0 Å². The Bertz CT molecular complexity index is 240. The van der Waals surface area contributed by atoms with Gasteiger partial charge in [0.1, 0.15) is 6.04 Å². The molecule has 1 fully saturated rings. The van der Waals surface area contributed by atoms with Crippen molar-refractivity contribution >= 4 is 5.97 Å². The molecule has 0 aromatic heterocycles. The number of carbonyl (C=O) groups excluding carboxylic acids is 1. The van der Waals surface area contributed by atoms with Crippen LogP contribution >= 0.6 is 0 Å². The number of nitrogens with one attached hydrogen (secondary N) is 1. The minimum atomic E-state index is -0.180. The molecule has 0 bridgehead atoms. The second-order valence-corrected chi connectivity index (χ2v) is 5.19. The van der Waals surface area contributed by atoms with Crippen molar-refractivity contribution in [2.45, 2.75) is 45.2 Å². The normalized spacial score (nSPS) is 17.5. The van der Waals surface area contributed by atoms with Gasteiger partial charge in [0, 0.05) is 19.1 Å². The van der Waals surface area contributed by atoms with E-state index in [1.807, 2.05) is 7.05 Å². The zero-order chi connectivity index (χ0) is 12.8. The molecule has 1 N–H and O–H groups in total. The first-order valence-corrected chi connectivity index (χ1v) is 6.57. The maximum Gasteiger partial charge on any atom is 0.322 e. The number of hydrogen-bond donors (Lipinski definition) is 1. The van der Waals surface area contributed by atoms with Gasteiger partial charge in [-0.1, -0.05) is 0 Å². The molecule has 0 aromatic carbocycles. The van der Waals surface area contributed by atoms with Crippen LogP contribution in [0.3, 0.4) is 0 Å². The molecule has 1 aliphatic rings. The van der Waals surface area contributed by atoms with Gasteiger partial charge in [-0.05, 0) is 46.1 Å². The first kappa shape index (κ1) is 14.5. The predicted octanol–water partition coefficient (Wildman–Crippen LogP) is 1.26. The Balaban J connectivity index is 2.35. The molecule has 1 aliphatic carbocycles. The van der Waals surface area contributed by atoms with E-state index in [0.717, 1.165) is 18.9 Å². The molecule has 0 heterocycles. The lowest BCUT2D eigenvalue weighted by molar-refractivity contribution is -0.143. The molecule has 17 heavy (non-hydrogen) atoms. The summed E-state index contributed by atoms with van der Waals surface area (Å²) in [5.74, 6) is 0.728. The van der Waals surface area contributed by atoms with E-state index in [1.165, 1.54) is 26.5 Å². The van der Waals surface area contributed by atoms with Crippen LogP contribution in [0.4, 0.5) is 0 Å². The summed E-state index contributed by atoms with van der Waals surface area (Å²) >= 11 is 0. The van der Waals surface area contributed by atoms with Crippen LogP contribution in [0.15, 0.2) is 0 Å². The van der Waals surface area contributed by atoms with Gasteiger partial charge >= 0.3 is 5.97 Å². The van der Waals surface area contributed by atoms with Crippen LogP contribution in [0.25, 0.3) is 0 Å². The molecule has 4 heteroatoms. The minimum Gasteiger partial charge on any atom is -0.468 e. The largest absolute Gasteiger partial charge is 0.468 e. The van der Waals surface area contributed by atoms with Gasteiger partial charge in [0.15, 0.2) is 0 Å². The van der Waals surface area contributed by atoms with Crippen molar-refractivity contribution in [3.05, 3.63) is 0 Å². The number of rotatable bonds is 8. The average Bonchev–Trinajstić information content (AvgIpc) is 3.11. The van der Waals surface area contributed by atoms with Crippen molar-refractivity contribution in [3.63, 3.8) is 0 Å². The molecule has 1 saturated carbocycles. The second kappa shape index (κ2) is 6.97. The molecular weight excluding hydrogens is 216 g/mol. The van der Waals surface area contributed by atoms with E-state index in [0.29, 0.717) is 6.04 Å².